The third-order valence-electron chi connectivity index (χ3n) is 4.18. The van der Waals surface area contributed by atoms with Gasteiger partial charge in [0.25, 0.3) is 5.91 Å². The summed E-state index contributed by atoms with van der Waals surface area (Å²) < 4.78 is 5.01. The lowest BCUT2D eigenvalue weighted by Crippen LogP contribution is -2.40. The minimum absolute atomic E-state index is 0.00625. The first kappa shape index (κ1) is 18.5. The topological polar surface area (TPSA) is 62.6 Å². The van der Waals surface area contributed by atoms with E-state index in [0.717, 1.165) is 17.5 Å². The van der Waals surface area contributed by atoms with Gasteiger partial charge in [-0.3, -0.25) is 9.59 Å². The third-order valence-corrected chi connectivity index (χ3v) is 4.18. The van der Waals surface area contributed by atoms with Crippen molar-refractivity contribution in [2.75, 3.05) is 13.1 Å². The van der Waals surface area contributed by atoms with Crippen LogP contribution in [0.5, 0.6) is 0 Å². The van der Waals surface area contributed by atoms with Gasteiger partial charge in [0.15, 0.2) is 0 Å². The van der Waals surface area contributed by atoms with E-state index < -0.39 is 0 Å². The Labute approximate surface area is 158 Å². The number of benzene rings is 2. The average Bonchev–Trinajstić information content (AvgIpc) is 3.23. The zero-order chi connectivity index (χ0) is 18.9. The van der Waals surface area contributed by atoms with E-state index in [1.54, 1.807) is 6.07 Å². The molecular weight excluding hydrogens is 340 g/mol. The molecule has 0 atom stereocenters. The van der Waals surface area contributed by atoms with Gasteiger partial charge in [-0.15, -0.1) is 0 Å². The molecule has 0 spiro atoms. The molecular formula is C22H22N2O3. The van der Waals surface area contributed by atoms with Crippen molar-refractivity contribution in [3.63, 3.8) is 0 Å². The third kappa shape index (κ3) is 5.57. The standard InChI is InChI=1S/C22H22N2O3/c25-21(23-13-11-18-7-3-1-4-8-18)16-24(15-19-9-5-2-6-10-19)22(26)20-12-14-27-17-20/h1-10,12,14,17H,11,13,15-16H2,(H,23,25). The molecule has 27 heavy (non-hydrogen) atoms. The fraction of sp³-hybridized carbons (Fsp3) is 0.182. The van der Waals surface area contributed by atoms with Crippen molar-refractivity contribution in [3.8, 4) is 0 Å². The van der Waals surface area contributed by atoms with Crippen molar-refractivity contribution < 1.29 is 14.0 Å². The van der Waals surface area contributed by atoms with E-state index in [9.17, 15) is 9.59 Å². The molecule has 3 rings (SSSR count). The average molecular weight is 362 g/mol. The first-order valence-corrected chi connectivity index (χ1v) is 8.88. The summed E-state index contributed by atoms with van der Waals surface area (Å²) in [7, 11) is 0. The summed E-state index contributed by atoms with van der Waals surface area (Å²) in [5.74, 6) is -0.412. The van der Waals surface area contributed by atoms with E-state index in [0.29, 0.717) is 18.7 Å². The molecule has 1 heterocycles. The molecule has 0 bridgehead atoms. The number of rotatable bonds is 8. The number of carbonyl (C=O) groups is 2. The zero-order valence-corrected chi connectivity index (χ0v) is 15.0. The Bertz CT molecular complexity index is 846. The van der Waals surface area contributed by atoms with E-state index in [-0.39, 0.29) is 18.4 Å². The monoisotopic (exact) mass is 362 g/mol. The smallest absolute Gasteiger partial charge is 0.257 e. The summed E-state index contributed by atoms with van der Waals surface area (Å²) in [6.07, 6.45) is 3.60. The maximum Gasteiger partial charge on any atom is 0.257 e. The Kier molecular flexibility index (Phi) is 6.41. The van der Waals surface area contributed by atoms with Crippen molar-refractivity contribution in [3.05, 3.63) is 95.9 Å². The second-order valence-corrected chi connectivity index (χ2v) is 6.24. The SMILES string of the molecule is O=C(CN(Cc1ccccc1)C(=O)c1ccoc1)NCCc1ccccc1. The van der Waals surface area contributed by atoms with Crippen molar-refractivity contribution >= 4 is 11.8 Å². The molecule has 0 aliphatic carbocycles. The lowest BCUT2D eigenvalue weighted by atomic mass is 10.1. The molecule has 0 fully saturated rings. The summed E-state index contributed by atoms with van der Waals surface area (Å²) in [5.41, 5.74) is 2.56. The van der Waals surface area contributed by atoms with Gasteiger partial charge in [0.1, 0.15) is 12.8 Å². The summed E-state index contributed by atoms with van der Waals surface area (Å²) >= 11 is 0. The molecule has 2 aromatic carbocycles. The van der Waals surface area contributed by atoms with Crippen LogP contribution in [0.3, 0.4) is 0 Å². The summed E-state index contributed by atoms with van der Waals surface area (Å²) in [5, 5.41) is 2.89. The highest BCUT2D eigenvalue weighted by Gasteiger charge is 2.20. The lowest BCUT2D eigenvalue weighted by Gasteiger charge is -2.22. The Morgan fingerprint density at radius 3 is 2.19 bits per heavy atom. The quantitative estimate of drug-likeness (QED) is 0.669. The van der Waals surface area contributed by atoms with Crippen LogP contribution in [-0.4, -0.2) is 29.8 Å². The van der Waals surface area contributed by atoms with Gasteiger partial charge in [-0.2, -0.15) is 0 Å². The minimum atomic E-state index is -0.231. The highest BCUT2D eigenvalue weighted by Crippen LogP contribution is 2.10. The van der Waals surface area contributed by atoms with E-state index in [1.807, 2.05) is 60.7 Å². The van der Waals surface area contributed by atoms with Gasteiger partial charge in [0, 0.05) is 13.1 Å². The summed E-state index contributed by atoms with van der Waals surface area (Å²) in [6.45, 7) is 0.882. The molecule has 1 N–H and O–H groups in total. The van der Waals surface area contributed by atoms with Crippen molar-refractivity contribution in [1.29, 1.82) is 0 Å². The first-order chi connectivity index (χ1) is 13.2. The summed E-state index contributed by atoms with van der Waals surface area (Å²) in [4.78, 5) is 26.6. The molecule has 0 saturated heterocycles. The van der Waals surface area contributed by atoms with Crippen molar-refractivity contribution in [2.24, 2.45) is 0 Å². The molecule has 0 radical (unpaired) electrons. The fourth-order valence-electron chi connectivity index (χ4n) is 2.79. The predicted molar refractivity (Wildman–Crippen MR) is 103 cm³/mol. The molecule has 5 heteroatoms. The van der Waals surface area contributed by atoms with Gasteiger partial charge in [-0.1, -0.05) is 60.7 Å². The van der Waals surface area contributed by atoms with Crippen LogP contribution >= 0.6 is 0 Å². The lowest BCUT2D eigenvalue weighted by molar-refractivity contribution is -0.121. The van der Waals surface area contributed by atoms with Gasteiger partial charge in [0.05, 0.1) is 11.8 Å². The second kappa shape index (κ2) is 9.38. The van der Waals surface area contributed by atoms with Crippen LogP contribution in [0.4, 0.5) is 0 Å². The number of furan rings is 1. The maximum atomic E-state index is 12.7. The van der Waals surface area contributed by atoms with E-state index in [1.165, 1.54) is 17.4 Å². The minimum Gasteiger partial charge on any atom is -0.472 e. The largest absolute Gasteiger partial charge is 0.472 e. The highest BCUT2D eigenvalue weighted by molar-refractivity contribution is 5.96. The zero-order valence-electron chi connectivity index (χ0n) is 15.0. The number of amides is 2. The molecule has 0 aliphatic heterocycles. The Hall–Kier alpha value is -3.34. The van der Waals surface area contributed by atoms with E-state index in [4.69, 9.17) is 4.42 Å². The molecule has 0 saturated carbocycles. The van der Waals surface area contributed by atoms with Crippen LogP contribution in [0.15, 0.2) is 83.7 Å². The number of nitrogens with zero attached hydrogens (tertiary/aromatic N) is 1. The Morgan fingerprint density at radius 2 is 1.56 bits per heavy atom. The molecule has 1 aromatic heterocycles. The highest BCUT2D eigenvalue weighted by atomic mass is 16.3. The van der Waals surface area contributed by atoms with E-state index in [2.05, 4.69) is 5.32 Å². The Balaban J connectivity index is 1.60. The van der Waals surface area contributed by atoms with Gasteiger partial charge in [-0.25, -0.2) is 0 Å². The molecule has 0 unspecified atom stereocenters. The molecule has 138 valence electrons. The van der Waals surface area contributed by atoms with Gasteiger partial charge < -0.3 is 14.6 Å². The molecule has 3 aromatic rings. The Morgan fingerprint density at radius 1 is 0.889 bits per heavy atom. The summed E-state index contributed by atoms with van der Waals surface area (Å²) in [6, 6.07) is 21.2. The van der Waals surface area contributed by atoms with Gasteiger partial charge >= 0.3 is 0 Å². The molecule has 2 amide bonds. The van der Waals surface area contributed by atoms with Crippen LogP contribution in [0.2, 0.25) is 0 Å². The first-order valence-electron chi connectivity index (χ1n) is 8.88. The predicted octanol–water partition coefficient (Wildman–Crippen LogP) is 3.28. The van der Waals surface area contributed by atoms with Gasteiger partial charge in [-0.05, 0) is 23.6 Å². The second-order valence-electron chi connectivity index (χ2n) is 6.24. The maximum absolute atomic E-state index is 12.7. The van der Waals surface area contributed by atoms with Crippen LogP contribution in [-0.2, 0) is 17.8 Å². The molecule has 0 aliphatic rings. The van der Waals surface area contributed by atoms with Crippen LogP contribution in [0.25, 0.3) is 0 Å². The van der Waals surface area contributed by atoms with E-state index >= 15 is 0 Å². The van der Waals surface area contributed by atoms with Crippen molar-refractivity contribution in [1.82, 2.24) is 10.2 Å². The number of hydrogen-bond acceptors (Lipinski definition) is 3. The normalized spacial score (nSPS) is 10.4. The van der Waals surface area contributed by atoms with Crippen molar-refractivity contribution in [2.45, 2.75) is 13.0 Å². The van der Waals surface area contributed by atoms with Crippen LogP contribution in [0, 0.1) is 0 Å². The number of hydrogen-bond donors (Lipinski definition) is 1. The number of carbonyl (C=O) groups excluding carboxylic acids is 2. The fourth-order valence-corrected chi connectivity index (χ4v) is 2.79. The van der Waals surface area contributed by atoms with Gasteiger partial charge in [0.2, 0.25) is 5.91 Å². The van der Waals surface area contributed by atoms with Crippen LogP contribution < -0.4 is 5.32 Å². The van der Waals surface area contributed by atoms with Crippen LogP contribution in [0.1, 0.15) is 21.5 Å². The molecule has 5 nitrogen and oxygen atoms in total. The number of nitrogens with one attached hydrogen (secondary N) is 1.